The molecule has 1 N–H and O–H groups in total. The average molecular weight is 335 g/mol. The summed E-state index contributed by atoms with van der Waals surface area (Å²) >= 11 is 0. The molecule has 1 aliphatic heterocycles. The van der Waals surface area contributed by atoms with Gasteiger partial charge in [-0.25, -0.2) is 0 Å². The van der Waals surface area contributed by atoms with Crippen LogP contribution in [0.4, 0.5) is 0 Å². The van der Waals surface area contributed by atoms with Gasteiger partial charge in [0.2, 0.25) is 0 Å². The molecule has 1 fully saturated rings. The number of nitriles is 1. The summed E-state index contributed by atoms with van der Waals surface area (Å²) in [6.45, 7) is 7.30. The van der Waals surface area contributed by atoms with Crippen molar-refractivity contribution in [1.82, 2.24) is 10.2 Å². The van der Waals surface area contributed by atoms with E-state index >= 15 is 0 Å². The van der Waals surface area contributed by atoms with E-state index in [1.807, 2.05) is 18.2 Å². The van der Waals surface area contributed by atoms with Gasteiger partial charge in [-0.2, -0.15) is 5.26 Å². The van der Waals surface area contributed by atoms with Crippen LogP contribution in [-0.2, 0) is 11.3 Å². The topological polar surface area (TPSA) is 48.3 Å². The Kier molecular flexibility index (Phi) is 6.19. The van der Waals surface area contributed by atoms with Gasteiger partial charge in [0.05, 0.1) is 24.8 Å². The second kappa shape index (κ2) is 8.77. The molecule has 1 atom stereocenters. The van der Waals surface area contributed by atoms with Gasteiger partial charge in [-0.3, -0.25) is 4.90 Å². The number of nitrogens with zero attached hydrogens (tertiary/aromatic N) is 2. The summed E-state index contributed by atoms with van der Waals surface area (Å²) in [5, 5.41) is 12.6. The van der Waals surface area contributed by atoms with Gasteiger partial charge in [0.25, 0.3) is 0 Å². The molecule has 1 unspecified atom stereocenters. The summed E-state index contributed by atoms with van der Waals surface area (Å²) in [4.78, 5) is 2.50. The van der Waals surface area contributed by atoms with Crippen molar-refractivity contribution in [3.8, 4) is 6.07 Å². The molecular formula is C21H25N3O. The van der Waals surface area contributed by atoms with Crippen LogP contribution >= 0.6 is 0 Å². The summed E-state index contributed by atoms with van der Waals surface area (Å²) in [5.74, 6) is 0. The standard InChI is InChI=1S/C21H25N3O/c1-17-4-2-7-20(12-17)21(24-8-10-25-11-9-24)16-23-15-19-6-3-5-18(13-19)14-22/h2-7,12-13,21,23H,8-11,15-16H2,1H3. The van der Waals surface area contributed by atoms with Gasteiger partial charge in [-0.05, 0) is 30.2 Å². The Labute approximate surface area is 150 Å². The van der Waals surface area contributed by atoms with Crippen molar-refractivity contribution in [2.24, 2.45) is 0 Å². The van der Waals surface area contributed by atoms with E-state index < -0.39 is 0 Å². The van der Waals surface area contributed by atoms with Crippen LogP contribution in [0, 0.1) is 18.3 Å². The van der Waals surface area contributed by atoms with E-state index in [0.29, 0.717) is 11.6 Å². The second-order valence-corrected chi connectivity index (χ2v) is 6.52. The van der Waals surface area contributed by atoms with Gasteiger partial charge in [-0.1, -0.05) is 42.0 Å². The lowest BCUT2D eigenvalue weighted by atomic mass is 10.0. The molecule has 1 aliphatic rings. The van der Waals surface area contributed by atoms with Gasteiger partial charge >= 0.3 is 0 Å². The zero-order chi connectivity index (χ0) is 17.5. The van der Waals surface area contributed by atoms with Crippen molar-refractivity contribution < 1.29 is 4.74 Å². The highest BCUT2D eigenvalue weighted by molar-refractivity contribution is 5.32. The number of ether oxygens (including phenoxy) is 1. The molecule has 4 heteroatoms. The van der Waals surface area contributed by atoms with Gasteiger partial charge in [0.15, 0.2) is 0 Å². The van der Waals surface area contributed by atoms with E-state index in [4.69, 9.17) is 10.00 Å². The quantitative estimate of drug-likeness (QED) is 0.881. The third kappa shape index (κ3) is 4.90. The highest BCUT2D eigenvalue weighted by atomic mass is 16.5. The van der Waals surface area contributed by atoms with E-state index in [9.17, 15) is 0 Å². The smallest absolute Gasteiger partial charge is 0.0991 e. The average Bonchev–Trinajstić information content (AvgIpc) is 2.66. The van der Waals surface area contributed by atoms with E-state index in [1.54, 1.807) is 0 Å². The predicted octanol–water partition coefficient (Wildman–Crippen LogP) is 3.03. The number of aryl methyl sites for hydroxylation is 1. The molecule has 0 amide bonds. The molecule has 1 heterocycles. The molecule has 2 aromatic rings. The first-order valence-corrected chi connectivity index (χ1v) is 8.84. The summed E-state index contributed by atoms with van der Waals surface area (Å²) < 4.78 is 5.52. The van der Waals surface area contributed by atoms with E-state index in [1.165, 1.54) is 11.1 Å². The number of hydrogen-bond acceptors (Lipinski definition) is 4. The molecule has 3 rings (SSSR count). The van der Waals surface area contributed by atoms with Crippen LogP contribution in [0.1, 0.15) is 28.3 Å². The molecule has 4 nitrogen and oxygen atoms in total. The molecule has 0 aromatic heterocycles. The Morgan fingerprint density at radius 1 is 1.16 bits per heavy atom. The normalized spacial score (nSPS) is 16.3. The minimum atomic E-state index is 0.336. The SMILES string of the molecule is Cc1cccc(C(CNCc2cccc(C#N)c2)N2CCOCC2)c1. The van der Waals surface area contributed by atoms with Gasteiger partial charge in [0, 0.05) is 32.2 Å². The summed E-state index contributed by atoms with van der Waals surface area (Å²) in [7, 11) is 0. The van der Waals surface area contributed by atoms with Gasteiger partial charge in [0.1, 0.15) is 0 Å². The Bertz CT molecular complexity index is 732. The fourth-order valence-corrected chi connectivity index (χ4v) is 3.33. The van der Waals surface area contributed by atoms with Crippen LogP contribution in [0.2, 0.25) is 0 Å². The highest BCUT2D eigenvalue weighted by Gasteiger charge is 2.22. The van der Waals surface area contributed by atoms with Crippen molar-refractivity contribution in [2.45, 2.75) is 19.5 Å². The maximum Gasteiger partial charge on any atom is 0.0991 e. The molecule has 0 radical (unpaired) electrons. The molecule has 0 aliphatic carbocycles. The highest BCUT2D eigenvalue weighted by Crippen LogP contribution is 2.22. The van der Waals surface area contributed by atoms with Crippen LogP contribution in [0.25, 0.3) is 0 Å². The fraction of sp³-hybridized carbons (Fsp3) is 0.381. The summed E-state index contributed by atoms with van der Waals surface area (Å²) in [6, 6.07) is 19.1. The first kappa shape index (κ1) is 17.6. The summed E-state index contributed by atoms with van der Waals surface area (Å²) in [5.41, 5.74) is 4.49. The Morgan fingerprint density at radius 3 is 2.72 bits per heavy atom. The summed E-state index contributed by atoms with van der Waals surface area (Å²) in [6.07, 6.45) is 0. The number of benzene rings is 2. The van der Waals surface area contributed by atoms with Crippen molar-refractivity contribution >= 4 is 0 Å². The third-order valence-corrected chi connectivity index (χ3v) is 4.64. The third-order valence-electron chi connectivity index (χ3n) is 4.64. The number of nitrogens with one attached hydrogen (secondary N) is 1. The first-order valence-electron chi connectivity index (χ1n) is 8.84. The van der Waals surface area contributed by atoms with Gasteiger partial charge in [-0.15, -0.1) is 0 Å². The van der Waals surface area contributed by atoms with Crippen LogP contribution in [0.3, 0.4) is 0 Å². The lowest BCUT2D eigenvalue weighted by molar-refractivity contribution is 0.0161. The molecule has 0 bridgehead atoms. The monoisotopic (exact) mass is 335 g/mol. The molecule has 0 spiro atoms. The van der Waals surface area contributed by atoms with Crippen molar-refractivity contribution in [1.29, 1.82) is 5.26 Å². The molecule has 2 aromatic carbocycles. The Balaban J connectivity index is 1.68. The lowest BCUT2D eigenvalue weighted by Crippen LogP contribution is -2.42. The fourth-order valence-electron chi connectivity index (χ4n) is 3.33. The Hall–Kier alpha value is -2.19. The van der Waals surface area contributed by atoms with E-state index in [-0.39, 0.29) is 0 Å². The first-order chi connectivity index (χ1) is 12.3. The van der Waals surface area contributed by atoms with Crippen LogP contribution in [0.5, 0.6) is 0 Å². The predicted molar refractivity (Wildman–Crippen MR) is 99.2 cm³/mol. The van der Waals surface area contributed by atoms with E-state index in [0.717, 1.165) is 45.0 Å². The van der Waals surface area contributed by atoms with Crippen LogP contribution in [-0.4, -0.2) is 37.7 Å². The zero-order valence-electron chi connectivity index (χ0n) is 14.7. The van der Waals surface area contributed by atoms with Crippen molar-refractivity contribution in [3.05, 3.63) is 70.8 Å². The van der Waals surface area contributed by atoms with E-state index in [2.05, 4.69) is 53.5 Å². The minimum Gasteiger partial charge on any atom is -0.379 e. The zero-order valence-corrected chi connectivity index (χ0v) is 14.7. The van der Waals surface area contributed by atoms with Crippen LogP contribution in [0.15, 0.2) is 48.5 Å². The molecular weight excluding hydrogens is 310 g/mol. The number of hydrogen-bond donors (Lipinski definition) is 1. The van der Waals surface area contributed by atoms with Crippen molar-refractivity contribution in [3.63, 3.8) is 0 Å². The van der Waals surface area contributed by atoms with Gasteiger partial charge < -0.3 is 10.1 Å². The minimum absolute atomic E-state index is 0.336. The second-order valence-electron chi connectivity index (χ2n) is 6.52. The number of morpholine rings is 1. The largest absolute Gasteiger partial charge is 0.379 e. The molecule has 1 saturated heterocycles. The molecule has 130 valence electrons. The number of rotatable bonds is 6. The maximum atomic E-state index is 9.03. The maximum absolute atomic E-state index is 9.03. The lowest BCUT2D eigenvalue weighted by Gasteiger charge is -2.35. The Morgan fingerprint density at radius 2 is 1.96 bits per heavy atom. The molecule has 25 heavy (non-hydrogen) atoms. The van der Waals surface area contributed by atoms with Crippen molar-refractivity contribution in [2.75, 3.05) is 32.8 Å². The van der Waals surface area contributed by atoms with Crippen LogP contribution < -0.4 is 5.32 Å². The molecule has 0 saturated carbocycles.